The number of benzene rings is 2. The molecule has 0 spiro atoms. The zero-order valence-corrected chi connectivity index (χ0v) is 14.4. The van der Waals surface area contributed by atoms with Crippen LogP contribution >= 0.6 is 11.3 Å². The van der Waals surface area contributed by atoms with Gasteiger partial charge in [0.2, 0.25) is 5.76 Å². The average molecular weight is 368 g/mol. The second kappa shape index (κ2) is 6.53. The normalized spacial score (nSPS) is 10.8. The van der Waals surface area contributed by atoms with Crippen LogP contribution in [0.4, 0.5) is 0 Å². The molecule has 0 aliphatic carbocycles. The van der Waals surface area contributed by atoms with Gasteiger partial charge in [0.25, 0.3) is 0 Å². The van der Waals surface area contributed by atoms with E-state index in [9.17, 15) is 9.59 Å². The van der Waals surface area contributed by atoms with Crippen molar-refractivity contribution in [3.63, 3.8) is 0 Å². The third-order valence-electron chi connectivity index (χ3n) is 3.72. The van der Waals surface area contributed by atoms with Crippen LogP contribution in [0.2, 0.25) is 0 Å². The van der Waals surface area contributed by atoms with Crippen molar-refractivity contribution in [1.82, 2.24) is 0 Å². The van der Waals surface area contributed by atoms with E-state index in [1.807, 2.05) is 24.3 Å². The Balaban J connectivity index is 1.83. The maximum atomic E-state index is 12.1. The fourth-order valence-corrected chi connectivity index (χ4v) is 3.29. The lowest BCUT2D eigenvalue weighted by Gasteiger charge is -2.08. The first-order valence-corrected chi connectivity index (χ1v) is 8.43. The molecule has 2 heterocycles. The van der Waals surface area contributed by atoms with E-state index in [4.69, 9.17) is 18.3 Å². The Morgan fingerprint density at radius 1 is 1.08 bits per heavy atom. The largest absolute Gasteiger partial charge is 0.497 e. The molecule has 0 bridgehead atoms. The lowest BCUT2D eigenvalue weighted by atomic mass is 10.0. The number of ether oxygens (including phenoxy) is 2. The smallest absolute Gasteiger partial charge is 0.396 e. The highest BCUT2D eigenvalue weighted by molar-refractivity contribution is 7.16. The molecule has 0 fully saturated rings. The number of carbonyl (C=O) groups is 1. The van der Waals surface area contributed by atoms with E-state index in [2.05, 4.69) is 0 Å². The zero-order valence-electron chi connectivity index (χ0n) is 13.6. The molecule has 2 aromatic heterocycles. The minimum absolute atomic E-state index is 0.0911. The number of rotatable bonds is 4. The third-order valence-corrected chi connectivity index (χ3v) is 4.49. The summed E-state index contributed by atoms with van der Waals surface area (Å²) in [4.78, 5) is 23.4. The second-order valence-corrected chi connectivity index (χ2v) is 6.33. The van der Waals surface area contributed by atoms with Crippen molar-refractivity contribution in [1.29, 1.82) is 0 Å². The van der Waals surface area contributed by atoms with Gasteiger partial charge in [0.1, 0.15) is 11.5 Å². The van der Waals surface area contributed by atoms with Gasteiger partial charge in [0.15, 0.2) is 5.58 Å². The van der Waals surface area contributed by atoms with Crippen LogP contribution in [-0.4, -0.2) is 13.1 Å². The van der Waals surface area contributed by atoms with Crippen LogP contribution < -0.4 is 14.4 Å². The molecule has 2 aromatic carbocycles. The minimum Gasteiger partial charge on any atom is -0.497 e. The molecule has 4 rings (SSSR count). The van der Waals surface area contributed by atoms with Gasteiger partial charge in [0, 0.05) is 11.6 Å². The highest BCUT2D eigenvalue weighted by atomic mass is 32.1. The van der Waals surface area contributed by atoms with Gasteiger partial charge >= 0.3 is 10.9 Å². The van der Waals surface area contributed by atoms with Gasteiger partial charge in [-0.15, -0.1) is 0 Å². The molecule has 0 aliphatic rings. The number of furan rings is 1. The number of carbonyl (C=O) groups excluding carboxylic acids is 1. The summed E-state index contributed by atoms with van der Waals surface area (Å²) in [5.74, 6) is 0.412. The molecular weight excluding hydrogens is 356 g/mol. The van der Waals surface area contributed by atoms with Gasteiger partial charge in [-0.05, 0) is 35.9 Å². The molecule has 4 aromatic rings. The Bertz CT molecular complexity index is 1140. The van der Waals surface area contributed by atoms with E-state index in [1.165, 1.54) is 12.3 Å². The highest BCUT2D eigenvalue weighted by Gasteiger charge is 2.17. The Hall–Kier alpha value is -3.32. The SMILES string of the molecule is COc1cccc(-c2cc(OC(=O)c3ccco3)cc3sc(=O)oc23)c1. The summed E-state index contributed by atoms with van der Waals surface area (Å²) in [6.45, 7) is 0. The van der Waals surface area contributed by atoms with Gasteiger partial charge < -0.3 is 18.3 Å². The first-order chi connectivity index (χ1) is 12.6. The number of fused-ring (bicyclic) bond motifs is 1. The summed E-state index contributed by atoms with van der Waals surface area (Å²) >= 11 is 0.941. The van der Waals surface area contributed by atoms with Gasteiger partial charge in [-0.2, -0.15) is 0 Å². The summed E-state index contributed by atoms with van der Waals surface area (Å²) in [6.07, 6.45) is 1.39. The molecule has 130 valence electrons. The van der Waals surface area contributed by atoms with Crippen molar-refractivity contribution in [3.05, 3.63) is 70.3 Å². The summed E-state index contributed by atoms with van der Waals surface area (Å²) in [5, 5.41) is 0. The van der Waals surface area contributed by atoms with E-state index in [-0.39, 0.29) is 11.5 Å². The Labute approximate surface area is 151 Å². The van der Waals surface area contributed by atoms with Crippen molar-refractivity contribution in [3.8, 4) is 22.6 Å². The van der Waals surface area contributed by atoms with E-state index >= 15 is 0 Å². The lowest BCUT2D eigenvalue weighted by Crippen LogP contribution is -2.07. The summed E-state index contributed by atoms with van der Waals surface area (Å²) in [5.41, 5.74) is 1.83. The van der Waals surface area contributed by atoms with Gasteiger partial charge in [-0.1, -0.05) is 23.5 Å². The highest BCUT2D eigenvalue weighted by Crippen LogP contribution is 2.35. The van der Waals surface area contributed by atoms with Crippen molar-refractivity contribution in [2.24, 2.45) is 0 Å². The zero-order chi connectivity index (χ0) is 18.1. The molecule has 0 aliphatic heterocycles. The van der Waals surface area contributed by atoms with Crippen molar-refractivity contribution >= 4 is 27.6 Å². The molecule has 0 saturated carbocycles. The van der Waals surface area contributed by atoms with E-state index in [0.717, 1.165) is 16.9 Å². The topological polar surface area (TPSA) is 78.9 Å². The molecule has 26 heavy (non-hydrogen) atoms. The molecule has 0 radical (unpaired) electrons. The van der Waals surface area contributed by atoms with Crippen LogP contribution in [0.25, 0.3) is 21.4 Å². The minimum atomic E-state index is -0.623. The Morgan fingerprint density at radius 2 is 1.96 bits per heavy atom. The number of hydrogen-bond acceptors (Lipinski definition) is 7. The predicted octanol–water partition coefficient (Wildman–Crippen LogP) is 4.34. The van der Waals surface area contributed by atoms with Crippen LogP contribution in [0, 0.1) is 0 Å². The maximum absolute atomic E-state index is 12.1. The molecule has 0 atom stereocenters. The lowest BCUT2D eigenvalue weighted by molar-refractivity contribution is 0.0701. The summed E-state index contributed by atoms with van der Waals surface area (Å²) in [6, 6.07) is 13.7. The first kappa shape index (κ1) is 16.2. The van der Waals surface area contributed by atoms with Crippen LogP contribution in [0.15, 0.2) is 68.4 Å². The van der Waals surface area contributed by atoms with Gasteiger partial charge in [-0.25, -0.2) is 9.59 Å². The second-order valence-electron chi connectivity index (χ2n) is 5.35. The third kappa shape index (κ3) is 3.00. The number of hydrogen-bond donors (Lipinski definition) is 0. The van der Waals surface area contributed by atoms with Gasteiger partial charge in [0.05, 0.1) is 18.1 Å². The monoisotopic (exact) mass is 368 g/mol. The number of esters is 1. The fraction of sp³-hybridized carbons (Fsp3) is 0.0526. The van der Waals surface area contributed by atoms with E-state index in [1.54, 1.807) is 25.3 Å². The quantitative estimate of drug-likeness (QED) is 0.394. The maximum Gasteiger partial charge on any atom is 0.396 e. The average Bonchev–Trinajstić information content (AvgIpc) is 3.30. The molecular formula is C19H12O6S. The van der Waals surface area contributed by atoms with Gasteiger partial charge in [-0.3, -0.25) is 0 Å². The Kier molecular flexibility index (Phi) is 4.06. The molecule has 0 saturated heterocycles. The van der Waals surface area contributed by atoms with Crippen molar-refractivity contribution in [2.75, 3.05) is 7.11 Å². The van der Waals surface area contributed by atoms with Crippen molar-refractivity contribution in [2.45, 2.75) is 0 Å². The standard InChI is InChI=1S/C19H12O6S/c1-22-12-5-2-4-11(8-12)14-9-13(10-16-17(14)25-19(21)26-16)24-18(20)15-6-3-7-23-15/h2-10H,1H3. The molecule has 0 N–H and O–H groups in total. The van der Waals surface area contributed by atoms with Crippen LogP contribution in [0.3, 0.4) is 0 Å². The fourth-order valence-electron chi connectivity index (χ4n) is 2.57. The molecule has 7 heteroatoms. The van der Waals surface area contributed by atoms with Crippen molar-refractivity contribution < 1.29 is 23.1 Å². The Morgan fingerprint density at radius 3 is 2.73 bits per heavy atom. The molecule has 0 amide bonds. The molecule has 0 unspecified atom stereocenters. The van der Waals surface area contributed by atoms with E-state index < -0.39 is 10.9 Å². The summed E-state index contributed by atoms with van der Waals surface area (Å²) in [7, 11) is 1.57. The van der Waals surface area contributed by atoms with Crippen LogP contribution in [0.1, 0.15) is 10.6 Å². The summed E-state index contributed by atoms with van der Waals surface area (Å²) < 4.78 is 21.6. The number of methoxy groups -OCH3 is 1. The predicted molar refractivity (Wildman–Crippen MR) is 96.0 cm³/mol. The molecule has 6 nitrogen and oxygen atoms in total. The first-order valence-electron chi connectivity index (χ1n) is 7.62. The van der Waals surface area contributed by atoms with Crippen LogP contribution in [0.5, 0.6) is 11.5 Å². The van der Waals surface area contributed by atoms with E-state index in [0.29, 0.717) is 21.6 Å². The van der Waals surface area contributed by atoms with Crippen LogP contribution in [-0.2, 0) is 0 Å².